The van der Waals surface area contributed by atoms with Gasteiger partial charge >= 0.3 is 0 Å². The monoisotopic (exact) mass is 326 g/mol. The molecule has 0 heterocycles. The van der Waals surface area contributed by atoms with Gasteiger partial charge in [0.2, 0.25) is 0 Å². The Bertz CT molecular complexity index is 687. The standard InChI is InChI=1S/C20H22O4/c1-14(21)4-13-19(15-5-9-17(23-2)10-6-15)20(22)16-7-11-18(24-3)12-8-16/h5-12,19H,4,13H2,1-3H3. The molecule has 2 aromatic rings. The molecular formula is C20H22O4. The lowest BCUT2D eigenvalue weighted by molar-refractivity contribution is -0.117. The van der Waals surface area contributed by atoms with Crippen molar-refractivity contribution in [1.29, 1.82) is 0 Å². The van der Waals surface area contributed by atoms with Crippen LogP contribution < -0.4 is 9.47 Å². The SMILES string of the molecule is COc1ccc(C(=O)C(CCC(C)=O)c2ccc(OC)cc2)cc1. The number of rotatable bonds is 8. The normalized spacial score (nSPS) is 11.6. The lowest BCUT2D eigenvalue weighted by Gasteiger charge is -2.16. The average Bonchev–Trinajstić information content (AvgIpc) is 2.62. The van der Waals surface area contributed by atoms with Crippen LogP contribution in [0.15, 0.2) is 48.5 Å². The van der Waals surface area contributed by atoms with Gasteiger partial charge in [-0.25, -0.2) is 0 Å². The minimum atomic E-state index is -0.354. The Kier molecular flexibility index (Phi) is 6.13. The molecule has 0 spiro atoms. The predicted molar refractivity (Wildman–Crippen MR) is 93.0 cm³/mol. The second kappa shape index (κ2) is 8.29. The number of carbonyl (C=O) groups is 2. The summed E-state index contributed by atoms with van der Waals surface area (Å²) in [5.74, 6) is 1.17. The first-order chi connectivity index (χ1) is 11.5. The first-order valence-electron chi connectivity index (χ1n) is 7.86. The number of carbonyl (C=O) groups excluding carboxylic acids is 2. The number of ketones is 2. The molecule has 126 valence electrons. The molecule has 0 bridgehead atoms. The van der Waals surface area contributed by atoms with Crippen LogP contribution in [0.1, 0.15) is 41.6 Å². The van der Waals surface area contributed by atoms with Crippen LogP contribution in [0.2, 0.25) is 0 Å². The summed E-state index contributed by atoms with van der Waals surface area (Å²) in [6, 6.07) is 14.5. The number of benzene rings is 2. The number of ether oxygens (including phenoxy) is 2. The highest BCUT2D eigenvalue weighted by molar-refractivity contribution is 6.01. The predicted octanol–water partition coefficient (Wildman–Crippen LogP) is 4.04. The van der Waals surface area contributed by atoms with Crippen molar-refractivity contribution in [2.45, 2.75) is 25.7 Å². The number of methoxy groups -OCH3 is 2. The van der Waals surface area contributed by atoms with E-state index in [0.29, 0.717) is 24.2 Å². The molecular weight excluding hydrogens is 304 g/mol. The van der Waals surface area contributed by atoms with Gasteiger partial charge in [-0.05, 0) is 55.3 Å². The van der Waals surface area contributed by atoms with Gasteiger partial charge in [0.1, 0.15) is 17.3 Å². The molecule has 0 aromatic heterocycles. The van der Waals surface area contributed by atoms with E-state index in [4.69, 9.17) is 9.47 Å². The van der Waals surface area contributed by atoms with Gasteiger partial charge in [-0.15, -0.1) is 0 Å². The van der Waals surface area contributed by atoms with Crippen LogP contribution in [0.4, 0.5) is 0 Å². The first-order valence-corrected chi connectivity index (χ1v) is 7.86. The van der Waals surface area contributed by atoms with Crippen molar-refractivity contribution in [2.75, 3.05) is 14.2 Å². The zero-order valence-corrected chi connectivity index (χ0v) is 14.2. The number of hydrogen-bond acceptors (Lipinski definition) is 4. The Balaban J connectivity index is 2.28. The number of Topliss-reactive ketones (excluding diaryl/α,β-unsaturated/α-hetero) is 2. The average molecular weight is 326 g/mol. The maximum atomic E-state index is 12.9. The Morgan fingerprint density at radius 1 is 0.875 bits per heavy atom. The van der Waals surface area contributed by atoms with Crippen LogP contribution in [-0.2, 0) is 4.79 Å². The van der Waals surface area contributed by atoms with Crippen LogP contribution in [0.5, 0.6) is 11.5 Å². The Hall–Kier alpha value is -2.62. The van der Waals surface area contributed by atoms with Crippen LogP contribution in [0.25, 0.3) is 0 Å². The van der Waals surface area contributed by atoms with E-state index in [-0.39, 0.29) is 17.5 Å². The molecule has 0 aliphatic rings. The van der Waals surface area contributed by atoms with Crippen molar-refractivity contribution in [1.82, 2.24) is 0 Å². The summed E-state index contributed by atoms with van der Waals surface area (Å²) in [6.07, 6.45) is 0.866. The van der Waals surface area contributed by atoms with Crippen LogP contribution >= 0.6 is 0 Å². The fraction of sp³-hybridized carbons (Fsp3) is 0.300. The second-order valence-electron chi connectivity index (χ2n) is 5.66. The van der Waals surface area contributed by atoms with Gasteiger partial charge in [0.05, 0.1) is 14.2 Å². The molecule has 0 fully saturated rings. The summed E-state index contributed by atoms with van der Waals surface area (Å²) in [7, 11) is 3.19. The van der Waals surface area contributed by atoms with E-state index in [1.807, 2.05) is 24.3 Å². The van der Waals surface area contributed by atoms with Crippen molar-refractivity contribution >= 4 is 11.6 Å². The van der Waals surface area contributed by atoms with Crippen molar-refractivity contribution < 1.29 is 19.1 Å². The van der Waals surface area contributed by atoms with E-state index in [0.717, 1.165) is 11.3 Å². The molecule has 1 unspecified atom stereocenters. The van der Waals surface area contributed by atoms with E-state index >= 15 is 0 Å². The highest BCUT2D eigenvalue weighted by atomic mass is 16.5. The van der Waals surface area contributed by atoms with Gasteiger partial charge in [-0.2, -0.15) is 0 Å². The summed E-state index contributed by atoms with van der Waals surface area (Å²) in [5.41, 5.74) is 1.50. The highest BCUT2D eigenvalue weighted by Crippen LogP contribution is 2.28. The van der Waals surface area contributed by atoms with E-state index in [9.17, 15) is 9.59 Å². The molecule has 24 heavy (non-hydrogen) atoms. The molecule has 4 heteroatoms. The lowest BCUT2D eigenvalue weighted by Crippen LogP contribution is -2.14. The Labute approximate surface area is 142 Å². The Morgan fingerprint density at radius 2 is 1.38 bits per heavy atom. The quantitative estimate of drug-likeness (QED) is 0.687. The van der Waals surface area contributed by atoms with E-state index in [1.54, 1.807) is 45.4 Å². The molecule has 0 saturated heterocycles. The molecule has 0 aliphatic heterocycles. The third-order valence-corrected chi connectivity index (χ3v) is 3.99. The lowest BCUT2D eigenvalue weighted by atomic mass is 9.86. The second-order valence-corrected chi connectivity index (χ2v) is 5.66. The molecule has 0 aliphatic carbocycles. The van der Waals surface area contributed by atoms with Crippen molar-refractivity contribution in [3.63, 3.8) is 0 Å². The summed E-state index contributed by atoms with van der Waals surface area (Å²) in [4.78, 5) is 24.3. The van der Waals surface area contributed by atoms with Crippen molar-refractivity contribution in [2.24, 2.45) is 0 Å². The van der Waals surface area contributed by atoms with Crippen LogP contribution in [0, 0.1) is 0 Å². The van der Waals surface area contributed by atoms with E-state index < -0.39 is 0 Å². The van der Waals surface area contributed by atoms with Crippen LogP contribution in [0.3, 0.4) is 0 Å². The van der Waals surface area contributed by atoms with Crippen molar-refractivity contribution in [3.05, 3.63) is 59.7 Å². The molecule has 4 nitrogen and oxygen atoms in total. The van der Waals surface area contributed by atoms with Crippen molar-refractivity contribution in [3.8, 4) is 11.5 Å². The Morgan fingerprint density at radius 3 is 1.83 bits per heavy atom. The first kappa shape index (κ1) is 17.7. The van der Waals surface area contributed by atoms with Gasteiger partial charge in [-0.3, -0.25) is 4.79 Å². The minimum absolute atomic E-state index is 0.00377. The molecule has 0 amide bonds. The van der Waals surface area contributed by atoms with Gasteiger partial charge < -0.3 is 14.3 Å². The smallest absolute Gasteiger partial charge is 0.170 e. The maximum Gasteiger partial charge on any atom is 0.170 e. The fourth-order valence-electron chi connectivity index (χ4n) is 2.59. The third kappa shape index (κ3) is 4.44. The molecule has 1 atom stereocenters. The summed E-state index contributed by atoms with van der Waals surface area (Å²) in [5, 5.41) is 0. The molecule has 0 N–H and O–H groups in total. The van der Waals surface area contributed by atoms with Gasteiger partial charge in [0.15, 0.2) is 5.78 Å². The highest BCUT2D eigenvalue weighted by Gasteiger charge is 2.22. The fourth-order valence-corrected chi connectivity index (χ4v) is 2.59. The summed E-state index contributed by atoms with van der Waals surface area (Å²) >= 11 is 0. The van der Waals surface area contributed by atoms with Gasteiger partial charge in [-0.1, -0.05) is 12.1 Å². The summed E-state index contributed by atoms with van der Waals surface area (Å²) < 4.78 is 10.3. The topological polar surface area (TPSA) is 52.6 Å². The largest absolute Gasteiger partial charge is 0.497 e. The van der Waals surface area contributed by atoms with E-state index in [1.165, 1.54) is 0 Å². The molecule has 0 saturated carbocycles. The zero-order chi connectivity index (χ0) is 17.5. The van der Waals surface area contributed by atoms with Gasteiger partial charge in [0.25, 0.3) is 0 Å². The van der Waals surface area contributed by atoms with Gasteiger partial charge in [0, 0.05) is 17.9 Å². The van der Waals surface area contributed by atoms with Crippen LogP contribution in [-0.4, -0.2) is 25.8 Å². The zero-order valence-electron chi connectivity index (χ0n) is 14.2. The molecule has 2 rings (SSSR count). The summed E-state index contributed by atoms with van der Waals surface area (Å²) in [6.45, 7) is 1.54. The third-order valence-electron chi connectivity index (χ3n) is 3.99. The maximum absolute atomic E-state index is 12.9. The minimum Gasteiger partial charge on any atom is -0.497 e. The molecule has 2 aromatic carbocycles. The molecule has 0 radical (unpaired) electrons. The number of hydrogen-bond donors (Lipinski definition) is 0. The van der Waals surface area contributed by atoms with E-state index in [2.05, 4.69) is 0 Å².